The van der Waals surface area contributed by atoms with Gasteiger partial charge in [0.1, 0.15) is 27.6 Å². The van der Waals surface area contributed by atoms with E-state index >= 15 is 0 Å². The first-order valence-electron chi connectivity index (χ1n) is 13.9. The molecule has 3 heterocycles. The summed E-state index contributed by atoms with van der Waals surface area (Å²) >= 11 is 6.84. The maximum Gasteiger partial charge on any atom is 0.270 e. The van der Waals surface area contributed by atoms with Crippen LogP contribution in [0, 0.1) is 24.1 Å². The second kappa shape index (κ2) is 13.5. The second-order valence-electron chi connectivity index (χ2n) is 10.3. The summed E-state index contributed by atoms with van der Waals surface area (Å²) in [5, 5.41) is 9.77. The topological polar surface area (TPSA) is 72.6 Å². The zero-order valence-electron chi connectivity index (χ0n) is 23.4. The monoisotopic (exact) mass is 581 g/mol. The van der Waals surface area contributed by atoms with Crippen LogP contribution < -0.4 is 15.4 Å². The van der Waals surface area contributed by atoms with Gasteiger partial charge in [0.25, 0.3) is 11.5 Å². The Bertz CT molecular complexity index is 1390. The van der Waals surface area contributed by atoms with Crippen LogP contribution in [0.1, 0.15) is 62.1 Å². The lowest BCUT2D eigenvalue weighted by Gasteiger charge is -2.38. The molecule has 0 radical (unpaired) electrons. The molecule has 2 fully saturated rings. The summed E-state index contributed by atoms with van der Waals surface area (Å²) in [7, 11) is 1.67. The van der Waals surface area contributed by atoms with Gasteiger partial charge in [-0.1, -0.05) is 63.0 Å². The van der Waals surface area contributed by atoms with Crippen LogP contribution in [-0.2, 0) is 11.8 Å². The number of carbonyl (C=O) groups is 1. The molecule has 2 aromatic rings. The summed E-state index contributed by atoms with van der Waals surface area (Å²) < 4.78 is 15.5. The van der Waals surface area contributed by atoms with Gasteiger partial charge in [0, 0.05) is 51.0 Å². The quantitative estimate of drug-likeness (QED) is 0.206. The summed E-state index contributed by atoms with van der Waals surface area (Å²) in [5.41, 5.74) is 1.91. The van der Waals surface area contributed by atoms with E-state index in [4.69, 9.17) is 12.2 Å². The van der Waals surface area contributed by atoms with Gasteiger partial charge in [-0.25, -0.2) is 4.39 Å². The highest BCUT2D eigenvalue weighted by molar-refractivity contribution is 8.26. The van der Waals surface area contributed by atoms with Crippen LogP contribution in [0.25, 0.3) is 6.08 Å². The molecular weight excluding hydrogens is 545 g/mol. The van der Waals surface area contributed by atoms with Crippen LogP contribution in [0.2, 0.25) is 0 Å². The zero-order chi connectivity index (χ0) is 28.8. The average molecular weight is 582 g/mol. The van der Waals surface area contributed by atoms with Gasteiger partial charge in [-0.15, -0.1) is 0 Å². The lowest BCUT2D eigenvalue weighted by molar-refractivity contribution is -0.122. The fourth-order valence-corrected chi connectivity index (χ4v) is 6.59. The molecule has 0 atom stereocenters. The molecule has 40 heavy (non-hydrogen) atoms. The number of thiocarbonyl (C=S) groups is 1. The largest absolute Gasteiger partial charge is 0.368 e. The Kier molecular flexibility index (Phi) is 10.0. The Balaban J connectivity index is 1.59. The number of amides is 1. The number of carbonyl (C=O) groups excluding carboxylic acids is 1. The lowest BCUT2D eigenvalue weighted by Crippen LogP contribution is -2.48. The number of nitriles is 1. The minimum Gasteiger partial charge on any atom is -0.368 e. The third-order valence-electron chi connectivity index (χ3n) is 7.62. The van der Waals surface area contributed by atoms with Crippen molar-refractivity contribution in [3.05, 3.63) is 62.0 Å². The normalized spacial score (nSPS) is 16.8. The fraction of sp³-hybridized carbons (Fsp3) is 0.467. The second-order valence-corrected chi connectivity index (χ2v) is 11.9. The van der Waals surface area contributed by atoms with Crippen LogP contribution >= 0.6 is 24.0 Å². The van der Waals surface area contributed by atoms with Gasteiger partial charge in [0.15, 0.2) is 0 Å². The Morgan fingerprint density at radius 3 is 2.30 bits per heavy atom. The summed E-state index contributed by atoms with van der Waals surface area (Å²) in [6.45, 7) is 7.16. The highest BCUT2D eigenvalue weighted by Gasteiger charge is 2.33. The van der Waals surface area contributed by atoms with Crippen molar-refractivity contribution in [1.82, 2.24) is 9.47 Å². The third-order valence-corrected chi connectivity index (χ3v) is 9.00. The van der Waals surface area contributed by atoms with Crippen LogP contribution in [0.15, 0.2) is 34.0 Å². The van der Waals surface area contributed by atoms with E-state index in [9.17, 15) is 19.2 Å². The number of nitrogens with zero attached hydrogens (tertiary/aromatic N) is 5. The van der Waals surface area contributed by atoms with E-state index in [0.717, 1.165) is 24.9 Å². The lowest BCUT2D eigenvalue weighted by atomic mass is 10.0. The molecule has 0 spiro atoms. The first-order valence-corrected chi connectivity index (χ1v) is 15.1. The molecule has 212 valence electrons. The molecule has 0 N–H and O–H groups in total. The van der Waals surface area contributed by atoms with Gasteiger partial charge in [0.2, 0.25) is 0 Å². The molecule has 7 nitrogen and oxygen atoms in total. The van der Waals surface area contributed by atoms with Crippen LogP contribution in [0.3, 0.4) is 0 Å². The first-order chi connectivity index (χ1) is 19.3. The Labute approximate surface area is 245 Å². The van der Waals surface area contributed by atoms with Crippen LogP contribution in [0.5, 0.6) is 0 Å². The number of piperazine rings is 1. The molecule has 0 unspecified atom stereocenters. The molecule has 10 heteroatoms. The van der Waals surface area contributed by atoms with Gasteiger partial charge in [-0.2, -0.15) is 5.26 Å². The number of benzene rings is 1. The highest BCUT2D eigenvalue weighted by Crippen LogP contribution is 2.36. The maximum atomic E-state index is 13.4. The number of unbranched alkanes of at least 4 members (excludes halogenated alkanes) is 5. The molecule has 0 aliphatic carbocycles. The zero-order valence-corrected chi connectivity index (χ0v) is 25.0. The minimum atomic E-state index is -0.358. The number of thioether (sulfide) groups is 1. The van der Waals surface area contributed by atoms with Crippen molar-refractivity contribution >= 4 is 51.8 Å². The van der Waals surface area contributed by atoms with Crippen LogP contribution in [-0.4, -0.2) is 52.4 Å². The molecule has 0 bridgehead atoms. The molecule has 2 aliphatic rings. The number of hydrogen-bond acceptors (Lipinski definition) is 7. The molecule has 4 rings (SSSR count). The molecule has 2 saturated heterocycles. The number of pyridine rings is 1. The van der Waals surface area contributed by atoms with E-state index in [1.165, 1.54) is 47.7 Å². The van der Waals surface area contributed by atoms with E-state index in [1.807, 2.05) is 0 Å². The maximum absolute atomic E-state index is 13.4. The van der Waals surface area contributed by atoms with Crippen molar-refractivity contribution < 1.29 is 9.18 Å². The van der Waals surface area contributed by atoms with Crippen molar-refractivity contribution in [3.63, 3.8) is 0 Å². The molecule has 2 aliphatic heterocycles. The summed E-state index contributed by atoms with van der Waals surface area (Å²) in [6, 6.07) is 8.51. The fourth-order valence-electron chi connectivity index (χ4n) is 5.30. The number of anilines is 2. The van der Waals surface area contributed by atoms with E-state index in [0.29, 0.717) is 58.9 Å². The van der Waals surface area contributed by atoms with Gasteiger partial charge >= 0.3 is 0 Å². The van der Waals surface area contributed by atoms with Crippen molar-refractivity contribution in [2.75, 3.05) is 42.5 Å². The SMILES string of the molecule is CCCCCCCCN1C(=O)/C(=C\c2c(C)c(C#N)c(=O)n(C)c2N2CCN(c3ccc(F)cc3)CC2)SC1=S. The highest BCUT2D eigenvalue weighted by atomic mass is 32.2. The Morgan fingerprint density at radius 2 is 1.65 bits per heavy atom. The minimum absolute atomic E-state index is 0.0741. The van der Waals surface area contributed by atoms with Crippen molar-refractivity contribution in [2.45, 2.75) is 52.4 Å². The van der Waals surface area contributed by atoms with Crippen molar-refractivity contribution in [2.24, 2.45) is 7.05 Å². The van der Waals surface area contributed by atoms with E-state index < -0.39 is 0 Å². The predicted octanol–water partition coefficient (Wildman–Crippen LogP) is 5.59. The van der Waals surface area contributed by atoms with Gasteiger partial charge in [0.05, 0.1) is 4.91 Å². The van der Waals surface area contributed by atoms with Crippen molar-refractivity contribution in [1.29, 1.82) is 5.26 Å². The standard InChI is InChI=1S/C30H36FN5O2S2/c1-4-5-6-7-8-9-14-36-29(38)26(40-30(36)39)19-24-21(2)25(20-32)28(37)33(3)27(24)35-17-15-34(16-18-35)23-12-10-22(31)11-13-23/h10-13,19H,4-9,14-18H2,1-3H3/b26-19+. The van der Waals surface area contributed by atoms with Crippen LogP contribution in [0.4, 0.5) is 15.9 Å². The van der Waals surface area contributed by atoms with Gasteiger partial charge in [-0.3, -0.25) is 19.1 Å². The smallest absolute Gasteiger partial charge is 0.270 e. The van der Waals surface area contributed by atoms with Gasteiger partial charge in [-0.05, 0) is 49.2 Å². The van der Waals surface area contributed by atoms with E-state index in [-0.39, 0.29) is 22.8 Å². The first kappa shape index (κ1) is 29.8. The molecule has 1 amide bonds. The van der Waals surface area contributed by atoms with Crippen molar-refractivity contribution in [3.8, 4) is 6.07 Å². The number of rotatable bonds is 10. The van der Waals surface area contributed by atoms with E-state index in [2.05, 4.69) is 22.8 Å². The number of hydrogen-bond donors (Lipinski definition) is 0. The Hall–Kier alpha value is -3.16. The molecular formula is C30H36FN5O2S2. The van der Waals surface area contributed by atoms with Gasteiger partial charge < -0.3 is 9.80 Å². The van der Waals surface area contributed by atoms with E-state index in [1.54, 1.807) is 37.1 Å². The molecule has 1 aromatic carbocycles. The summed E-state index contributed by atoms with van der Waals surface area (Å²) in [6.07, 6.45) is 8.58. The average Bonchev–Trinajstić information content (AvgIpc) is 3.22. The Morgan fingerprint density at radius 1 is 1.02 bits per heavy atom. The summed E-state index contributed by atoms with van der Waals surface area (Å²) in [5.74, 6) is 0.288. The molecule has 1 aromatic heterocycles. The summed E-state index contributed by atoms with van der Waals surface area (Å²) in [4.78, 5) is 33.0. The number of aromatic nitrogens is 1. The molecule has 0 saturated carbocycles. The predicted molar refractivity (Wildman–Crippen MR) is 165 cm³/mol. The third kappa shape index (κ3) is 6.42. The number of halogens is 1.